The second kappa shape index (κ2) is 9.54. The van der Waals surface area contributed by atoms with Gasteiger partial charge in [0, 0.05) is 13.1 Å². The highest BCUT2D eigenvalue weighted by Gasteiger charge is 2.35. The molecule has 0 radical (unpaired) electrons. The number of rotatable bonds is 10. The molecular formula is C26H34N2O3S. The minimum Gasteiger partial charge on any atom is -0.492 e. The highest BCUT2D eigenvalue weighted by Crippen LogP contribution is 2.42. The van der Waals surface area contributed by atoms with Gasteiger partial charge < -0.3 is 9.64 Å². The molecule has 0 amide bonds. The monoisotopic (exact) mass is 454 g/mol. The van der Waals surface area contributed by atoms with Gasteiger partial charge in [-0.05, 0) is 85.9 Å². The summed E-state index contributed by atoms with van der Waals surface area (Å²) in [6.45, 7) is 4.31. The molecule has 2 aromatic rings. The van der Waals surface area contributed by atoms with Crippen molar-refractivity contribution in [1.29, 1.82) is 0 Å². The maximum atomic E-state index is 12.2. The Balaban J connectivity index is 1.24. The Morgan fingerprint density at radius 2 is 1.84 bits per heavy atom. The highest BCUT2D eigenvalue weighted by atomic mass is 32.2. The molecule has 1 saturated heterocycles. The van der Waals surface area contributed by atoms with Crippen LogP contribution in [0.3, 0.4) is 0 Å². The number of ether oxygens (including phenoxy) is 1. The number of likely N-dealkylation sites (tertiary alicyclic amines) is 1. The van der Waals surface area contributed by atoms with E-state index >= 15 is 0 Å². The summed E-state index contributed by atoms with van der Waals surface area (Å²) in [5.41, 5.74) is 4.23. The molecule has 172 valence electrons. The smallest absolute Gasteiger partial charge is 0.214 e. The van der Waals surface area contributed by atoms with E-state index in [0.717, 1.165) is 37.9 Å². The Morgan fingerprint density at radius 3 is 2.53 bits per heavy atom. The van der Waals surface area contributed by atoms with E-state index in [-0.39, 0.29) is 5.25 Å². The van der Waals surface area contributed by atoms with Crippen LogP contribution in [0.15, 0.2) is 48.5 Å². The average Bonchev–Trinajstić information content (AvgIpc) is 3.04. The van der Waals surface area contributed by atoms with Crippen LogP contribution in [-0.2, 0) is 22.9 Å². The fourth-order valence-electron chi connectivity index (χ4n) is 5.26. The maximum Gasteiger partial charge on any atom is 0.214 e. The molecule has 5 nitrogen and oxygen atoms in total. The third kappa shape index (κ3) is 4.87. The summed E-state index contributed by atoms with van der Waals surface area (Å²) in [6, 6.07) is 17.3. The lowest BCUT2D eigenvalue weighted by molar-refractivity contribution is 0.145. The van der Waals surface area contributed by atoms with Crippen molar-refractivity contribution in [3.8, 4) is 5.75 Å². The maximum absolute atomic E-state index is 12.2. The number of nitrogens with zero attached hydrogens (tertiary/aromatic N) is 1. The van der Waals surface area contributed by atoms with E-state index in [0.29, 0.717) is 25.0 Å². The molecule has 1 heterocycles. The number of sulfonamides is 1. The topological polar surface area (TPSA) is 58.6 Å². The molecule has 2 fully saturated rings. The summed E-state index contributed by atoms with van der Waals surface area (Å²) in [5, 5.41) is -0.204. The van der Waals surface area contributed by atoms with Crippen LogP contribution in [0, 0.1) is 5.92 Å². The van der Waals surface area contributed by atoms with Gasteiger partial charge >= 0.3 is 0 Å². The fraction of sp³-hybridized carbons (Fsp3) is 0.538. The Morgan fingerprint density at radius 1 is 1.03 bits per heavy atom. The molecule has 2 aliphatic carbocycles. The van der Waals surface area contributed by atoms with Crippen LogP contribution in [0.2, 0.25) is 0 Å². The van der Waals surface area contributed by atoms with Gasteiger partial charge in [-0.3, -0.25) is 0 Å². The molecule has 0 spiro atoms. The molecule has 1 N–H and O–H groups in total. The molecule has 6 heteroatoms. The van der Waals surface area contributed by atoms with Crippen molar-refractivity contribution >= 4 is 10.0 Å². The van der Waals surface area contributed by atoms with Crippen molar-refractivity contribution in [3.63, 3.8) is 0 Å². The molecule has 2 atom stereocenters. The van der Waals surface area contributed by atoms with Crippen LogP contribution in [0.25, 0.3) is 0 Å². The SMILES string of the molecule is O=S(=O)(NCCOc1ccc2c(c1)C(Cc1ccccc1)C(CN1CCC1)C2)C1CCC1. The van der Waals surface area contributed by atoms with Crippen molar-refractivity contribution in [1.82, 2.24) is 9.62 Å². The lowest BCUT2D eigenvalue weighted by atomic mass is 9.86. The van der Waals surface area contributed by atoms with Crippen molar-refractivity contribution in [3.05, 3.63) is 65.2 Å². The van der Waals surface area contributed by atoms with Gasteiger partial charge in [0.05, 0.1) is 5.25 Å². The van der Waals surface area contributed by atoms with E-state index in [1.807, 2.05) is 6.07 Å². The van der Waals surface area contributed by atoms with E-state index in [2.05, 4.69) is 52.1 Å². The van der Waals surface area contributed by atoms with Crippen molar-refractivity contribution in [2.45, 2.75) is 49.7 Å². The van der Waals surface area contributed by atoms with Gasteiger partial charge in [0.25, 0.3) is 0 Å². The predicted molar refractivity (Wildman–Crippen MR) is 128 cm³/mol. The lowest BCUT2D eigenvalue weighted by Gasteiger charge is -2.35. The summed E-state index contributed by atoms with van der Waals surface area (Å²) in [7, 11) is -3.18. The summed E-state index contributed by atoms with van der Waals surface area (Å²) in [6.07, 6.45) is 6.08. The highest BCUT2D eigenvalue weighted by molar-refractivity contribution is 7.90. The van der Waals surface area contributed by atoms with E-state index in [1.54, 1.807) is 0 Å². The van der Waals surface area contributed by atoms with Crippen molar-refractivity contribution in [2.75, 3.05) is 32.8 Å². The predicted octanol–water partition coefficient (Wildman–Crippen LogP) is 3.74. The molecule has 0 aromatic heterocycles. The number of benzene rings is 2. The summed E-state index contributed by atoms with van der Waals surface area (Å²) >= 11 is 0. The minimum atomic E-state index is -3.18. The Bertz CT molecular complexity index is 1020. The van der Waals surface area contributed by atoms with Crippen LogP contribution in [-0.4, -0.2) is 51.4 Å². The van der Waals surface area contributed by atoms with Crippen LogP contribution in [0.4, 0.5) is 0 Å². The molecule has 2 unspecified atom stereocenters. The first kappa shape index (κ1) is 21.9. The van der Waals surface area contributed by atoms with E-state index in [9.17, 15) is 8.42 Å². The van der Waals surface area contributed by atoms with Crippen molar-refractivity contribution in [2.24, 2.45) is 5.92 Å². The van der Waals surface area contributed by atoms with E-state index < -0.39 is 10.0 Å². The van der Waals surface area contributed by atoms with E-state index in [4.69, 9.17) is 4.74 Å². The van der Waals surface area contributed by atoms with Gasteiger partial charge in [-0.2, -0.15) is 0 Å². The first-order valence-corrected chi connectivity index (χ1v) is 13.6. The summed E-state index contributed by atoms with van der Waals surface area (Å²) in [4.78, 5) is 2.58. The molecule has 3 aliphatic rings. The minimum absolute atomic E-state index is 0.204. The zero-order chi connectivity index (χ0) is 22.0. The zero-order valence-electron chi connectivity index (χ0n) is 18.7. The van der Waals surface area contributed by atoms with Gasteiger partial charge in [-0.15, -0.1) is 0 Å². The molecular weight excluding hydrogens is 420 g/mol. The lowest BCUT2D eigenvalue weighted by Crippen LogP contribution is -2.41. The second-order valence-electron chi connectivity index (χ2n) is 9.62. The molecule has 2 aromatic carbocycles. The molecule has 1 aliphatic heterocycles. The van der Waals surface area contributed by atoms with Crippen molar-refractivity contribution < 1.29 is 13.2 Å². The summed E-state index contributed by atoms with van der Waals surface area (Å²) in [5.74, 6) is 1.97. The van der Waals surface area contributed by atoms with Gasteiger partial charge in [0.15, 0.2) is 0 Å². The van der Waals surface area contributed by atoms with Crippen LogP contribution >= 0.6 is 0 Å². The molecule has 0 bridgehead atoms. The third-order valence-corrected chi connectivity index (χ3v) is 9.43. The normalized spacial score (nSPS) is 23.4. The Kier molecular flexibility index (Phi) is 6.54. The first-order valence-electron chi connectivity index (χ1n) is 12.1. The quantitative estimate of drug-likeness (QED) is 0.556. The number of fused-ring (bicyclic) bond motifs is 1. The number of nitrogens with one attached hydrogen (secondary N) is 1. The molecule has 1 saturated carbocycles. The average molecular weight is 455 g/mol. The Labute approximate surface area is 192 Å². The fourth-order valence-corrected chi connectivity index (χ4v) is 6.81. The first-order chi connectivity index (χ1) is 15.6. The number of hydrogen-bond acceptors (Lipinski definition) is 4. The van der Waals surface area contributed by atoms with Gasteiger partial charge in [0.2, 0.25) is 10.0 Å². The molecule has 32 heavy (non-hydrogen) atoms. The third-order valence-electron chi connectivity index (χ3n) is 7.47. The van der Waals surface area contributed by atoms with Crippen LogP contribution < -0.4 is 9.46 Å². The largest absolute Gasteiger partial charge is 0.492 e. The number of hydrogen-bond donors (Lipinski definition) is 1. The Hall–Kier alpha value is -1.89. The zero-order valence-corrected chi connectivity index (χ0v) is 19.5. The van der Waals surface area contributed by atoms with Gasteiger partial charge in [-0.1, -0.05) is 42.8 Å². The van der Waals surface area contributed by atoms with Crippen LogP contribution in [0.1, 0.15) is 48.3 Å². The second-order valence-corrected chi connectivity index (χ2v) is 11.7. The molecule has 5 rings (SSSR count). The standard InChI is InChI=1S/C26H34N2O3S/c29-32(30,24-8-4-9-24)27-12-15-31-23-11-10-21-17-22(19-28-13-5-14-28)25(26(21)18-23)16-20-6-2-1-3-7-20/h1-3,6-7,10-11,18,22,24-25,27H,4-5,8-9,12-17,19H2. The van der Waals surface area contributed by atoms with Crippen LogP contribution in [0.5, 0.6) is 5.75 Å². The van der Waals surface area contributed by atoms with Gasteiger partial charge in [-0.25, -0.2) is 13.1 Å². The van der Waals surface area contributed by atoms with E-state index in [1.165, 1.54) is 42.7 Å². The van der Waals surface area contributed by atoms with Gasteiger partial charge in [0.1, 0.15) is 12.4 Å². The summed E-state index contributed by atoms with van der Waals surface area (Å²) < 4.78 is 33.0.